The molecule has 1 aromatic carbocycles. The second-order valence-corrected chi connectivity index (χ2v) is 6.44. The fourth-order valence-corrected chi connectivity index (χ4v) is 3.51. The lowest BCUT2D eigenvalue weighted by Crippen LogP contribution is -2.33. The fraction of sp³-hybridized carbons (Fsp3) is 0.235. The van der Waals surface area contributed by atoms with Gasteiger partial charge in [-0.05, 0) is 18.2 Å². The third-order valence-corrected chi connectivity index (χ3v) is 4.85. The number of carbonyl (C=O) groups is 1. The van der Waals surface area contributed by atoms with Crippen LogP contribution in [0.25, 0.3) is 5.65 Å². The summed E-state index contributed by atoms with van der Waals surface area (Å²) in [4.78, 5) is 12.3. The van der Waals surface area contributed by atoms with Crippen molar-refractivity contribution in [3.63, 3.8) is 0 Å². The predicted molar refractivity (Wildman–Crippen MR) is 91.1 cm³/mol. The summed E-state index contributed by atoms with van der Waals surface area (Å²) in [6.07, 6.45) is 2.67. The average Bonchev–Trinajstić information content (AvgIpc) is 3.04. The SMILES string of the molecule is O=C(CSc1nnc2ccccn12)NC1CCOc2ccccc21. The van der Waals surface area contributed by atoms with Gasteiger partial charge in [-0.3, -0.25) is 9.20 Å². The van der Waals surface area contributed by atoms with Crippen LogP contribution in [0, 0.1) is 0 Å². The molecule has 7 heteroatoms. The number of benzene rings is 1. The van der Waals surface area contributed by atoms with Gasteiger partial charge in [0.2, 0.25) is 5.91 Å². The molecule has 6 nitrogen and oxygen atoms in total. The van der Waals surface area contributed by atoms with Gasteiger partial charge < -0.3 is 10.1 Å². The van der Waals surface area contributed by atoms with E-state index in [1.165, 1.54) is 11.8 Å². The van der Waals surface area contributed by atoms with Crippen molar-refractivity contribution < 1.29 is 9.53 Å². The molecular weight excluding hydrogens is 324 g/mol. The molecule has 1 amide bonds. The summed E-state index contributed by atoms with van der Waals surface area (Å²) in [7, 11) is 0. The highest BCUT2D eigenvalue weighted by Gasteiger charge is 2.22. The number of amides is 1. The Morgan fingerprint density at radius 1 is 1.25 bits per heavy atom. The molecule has 1 aliphatic rings. The van der Waals surface area contributed by atoms with Crippen molar-refractivity contribution in [2.24, 2.45) is 0 Å². The standard InChI is InChI=1S/C17H16N4O2S/c22-16(11-24-17-20-19-15-7-3-4-9-21(15)17)18-13-8-10-23-14-6-2-1-5-12(13)14/h1-7,9,13H,8,10-11H2,(H,18,22). The van der Waals surface area contributed by atoms with Gasteiger partial charge in [0.25, 0.3) is 0 Å². The maximum atomic E-state index is 12.3. The quantitative estimate of drug-likeness (QED) is 0.739. The Kier molecular flexibility index (Phi) is 4.08. The zero-order valence-corrected chi connectivity index (χ0v) is 13.7. The Hall–Kier alpha value is -2.54. The van der Waals surface area contributed by atoms with Gasteiger partial charge in [-0.1, -0.05) is 36.0 Å². The van der Waals surface area contributed by atoms with Crippen molar-refractivity contribution in [1.29, 1.82) is 0 Å². The Balaban J connectivity index is 1.41. The summed E-state index contributed by atoms with van der Waals surface area (Å²) in [5.74, 6) is 1.13. The van der Waals surface area contributed by atoms with E-state index in [-0.39, 0.29) is 11.9 Å². The second kappa shape index (κ2) is 6.52. The molecule has 0 saturated carbocycles. The first-order chi connectivity index (χ1) is 11.8. The first kappa shape index (κ1) is 15.0. The maximum absolute atomic E-state index is 12.3. The lowest BCUT2D eigenvalue weighted by atomic mass is 10.0. The van der Waals surface area contributed by atoms with Gasteiger partial charge in [0, 0.05) is 18.2 Å². The number of nitrogens with one attached hydrogen (secondary N) is 1. The highest BCUT2D eigenvalue weighted by atomic mass is 32.2. The topological polar surface area (TPSA) is 68.5 Å². The summed E-state index contributed by atoms with van der Waals surface area (Å²) in [5, 5.41) is 12.0. The highest BCUT2D eigenvalue weighted by molar-refractivity contribution is 7.99. The molecule has 24 heavy (non-hydrogen) atoms. The van der Waals surface area contributed by atoms with Gasteiger partial charge in [-0.25, -0.2) is 0 Å². The number of aromatic nitrogens is 3. The third kappa shape index (κ3) is 2.94. The smallest absolute Gasteiger partial charge is 0.230 e. The molecule has 1 N–H and O–H groups in total. The first-order valence-corrected chi connectivity index (χ1v) is 8.73. The van der Waals surface area contributed by atoms with Crippen LogP contribution in [0.3, 0.4) is 0 Å². The molecule has 0 radical (unpaired) electrons. The van der Waals surface area contributed by atoms with E-state index in [1.807, 2.05) is 53.1 Å². The van der Waals surface area contributed by atoms with Gasteiger partial charge >= 0.3 is 0 Å². The molecular formula is C17H16N4O2S. The van der Waals surface area contributed by atoms with Gasteiger partial charge in [-0.15, -0.1) is 10.2 Å². The number of hydrogen-bond acceptors (Lipinski definition) is 5. The van der Waals surface area contributed by atoms with Crippen LogP contribution in [0.4, 0.5) is 0 Å². The van der Waals surface area contributed by atoms with Crippen LogP contribution in [-0.2, 0) is 4.79 Å². The van der Waals surface area contributed by atoms with Gasteiger partial charge in [0.1, 0.15) is 5.75 Å². The average molecular weight is 340 g/mol. The Morgan fingerprint density at radius 2 is 2.12 bits per heavy atom. The minimum Gasteiger partial charge on any atom is -0.493 e. The molecule has 122 valence electrons. The lowest BCUT2D eigenvalue weighted by Gasteiger charge is -2.26. The van der Waals surface area contributed by atoms with E-state index in [0.29, 0.717) is 17.5 Å². The number of carbonyl (C=O) groups excluding carboxylic acids is 1. The minimum absolute atomic E-state index is 0.00167. The molecule has 2 aromatic heterocycles. The molecule has 0 spiro atoms. The molecule has 0 aliphatic carbocycles. The number of para-hydroxylation sites is 1. The monoisotopic (exact) mass is 340 g/mol. The van der Waals surface area contributed by atoms with Gasteiger partial charge in [0.15, 0.2) is 10.8 Å². The van der Waals surface area contributed by atoms with Crippen molar-refractivity contribution in [1.82, 2.24) is 19.9 Å². The van der Waals surface area contributed by atoms with Crippen LogP contribution >= 0.6 is 11.8 Å². The van der Waals surface area contributed by atoms with Crippen LogP contribution in [0.1, 0.15) is 18.0 Å². The van der Waals surface area contributed by atoms with Crippen molar-refractivity contribution in [3.05, 3.63) is 54.2 Å². The molecule has 4 rings (SSSR count). The summed E-state index contributed by atoms with van der Waals surface area (Å²) >= 11 is 1.38. The molecule has 3 aromatic rings. The highest BCUT2D eigenvalue weighted by Crippen LogP contribution is 2.31. The number of hydrogen-bond donors (Lipinski definition) is 1. The summed E-state index contributed by atoms with van der Waals surface area (Å²) in [6, 6.07) is 13.5. The summed E-state index contributed by atoms with van der Waals surface area (Å²) < 4.78 is 7.50. The van der Waals surface area contributed by atoms with E-state index >= 15 is 0 Å². The number of nitrogens with zero attached hydrogens (tertiary/aromatic N) is 3. The lowest BCUT2D eigenvalue weighted by molar-refractivity contribution is -0.119. The van der Waals surface area contributed by atoms with Crippen LogP contribution in [0.15, 0.2) is 53.8 Å². The zero-order valence-electron chi connectivity index (χ0n) is 12.9. The molecule has 1 unspecified atom stereocenters. The number of fused-ring (bicyclic) bond motifs is 2. The maximum Gasteiger partial charge on any atom is 0.230 e. The Morgan fingerprint density at radius 3 is 3.08 bits per heavy atom. The van der Waals surface area contributed by atoms with E-state index < -0.39 is 0 Å². The zero-order chi connectivity index (χ0) is 16.4. The number of ether oxygens (including phenoxy) is 1. The number of thioether (sulfide) groups is 1. The molecule has 1 aliphatic heterocycles. The van der Waals surface area contributed by atoms with Gasteiger partial charge in [0.05, 0.1) is 18.4 Å². The van der Waals surface area contributed by atoms with Crippen LogP contribution in [0.5, 0.6) is 5.75 Å². The van der Waals surface area contributed by atoms with E-state index in [4.69, 9.17) is 4.74 Å². The second-order valence-electron chi connectivity index (χ2n) is 5.50. The van der Waals surface area contributed by atoms with E-state index in [0.717, 1.165) is 23.4 Å². The number of pyridine rings is 1. The third-order valence-electron chi connectivity index (χ3n) is 3.91. The van der Waals surface area contributed by atoms with E-state index in [1.54, 1.807) is 0 Å². The Labute approximate surface area is 143 Å². The largest absolute Gasteiger partial charge is 0.493 e. The van der Waals surface area contributed by atoms with Crippen LogP contribution in [-0.4, -0.2) is 32.9 Å². The normalized spacial score (nSPS) is 16.4. The van der Waals surface area contributed by atoms with Crippen molar-refractivity contribution in [2.45, 2.75) is 17.6 Å². The Bertz CT molecular complexity index is 880. The van der Waals surface area contributed by atoms with Gasteiger partial charge in [-0.2, -0.15) is 0 Å². The molecule has 0 bridgehead atoms. The summed E-state index contributed by atoms with van der Waals surface area (Å²) in [6.45, 7) is 0.615. The van der Waals surface area contributed by atoms with E-state index in [2.05, 4.69) is 15.5 Å². The van der Waals surface area contributed by atoms with Crippen molar-refractivity contribution in [3.8, 4) is 5.75 Å². The summed E-state index contributed by atoms with van der Waals surface area (Å²) in [5.41, 5.74) is 1.81. The van der Waals surface area contributed by atoms with Crippen LogP contribution < -0.4 is 10.1 Å². The molecule has 0 fully saturated rings. The predicted octanol–water partition coefficient (Wildman–Crippen LogP) is 2.46. The molecule has 0 saturated heterocycles. The van der Waals surface area contributed by atoms with E-state index in [9.17, 15) is 4.79 Å². The minimum atomic E-state index is -0.0191. The fourth-order valence-electron chi connectivity index (χ4n) is 2.78. The van der Waals surface area contributed by atoms with Crippen molar-refractivity contribution in [2.75, 3.05) is 12.4 Å². The molecule has 3 heterocycles. The molecule has 1 atom stereocenters. The number of rotatable bonds is 4. The first-order valence-electron chi connectivity index (χ1n) is 7.75. The van der Waals surface area contributed by atoms with Crippen molar-refractivity contribution >= 4 is 23.3 Å². The van der Waals surface area contributed by atoms with Crippen LogP contribution in [0.2, 0.25) is 0 Å².